The summed E-state index contributed by atoms with van der Waals surface area (Å²) in [4.78, 5) is 21.2. The van der Waals surface area contributed by atoms with Crippen LogP contribution in [-0.4, -0.2) is 26.7 Å². The molecule has 2 heterocycles. The Bertz CT molecular complexity index is 848. The lowest BCUT2D eigenvalue weighted by atomic mass is 9.98. The molecule has 0 saturated carbocycles. The molecule has 0 aliphatic rings. The van der Waals surface area contributed by atoms with Gasteiger partial charge in [-0.05, 0) is 18.1 Å². The molecule has 0 fully saturated rings. The number of aromatic amines is 1. The van der Waals surface area contributed by atoms with Gasteiger partial charge < -0.3 is 4.74 Å². The number of fused-ring (bicyclic) bond motifs is 1. The molecular formula is C15H16N4O2. The lowest BCUT2D eigenvalue weighted by Crippen LogP contribution is -2.22. The minimum absolute atomic E-state index is 0.0476. The Kier molecular flexibility index (Phi) is 3.21. The number of rotatable bonds is 3. The summed E-state index contributed by atoms with van der Waals surface area (Å²) in [5.41, 5.74) is 2.04. The van der Waals surface area contributed by atoms with Gasteiger partial charge in [0.1, 0.15) is 12.1 Å². The Morgan fingerprint density at radius 3 is 2.86 bits per heavy atom. The van der Waals surface area contributed by atoms with Crippen LogP contribution in [-0.2, 0) is 0 Å². The van der Waals surface area contributed by atoms with Crippen LogP contribution in [0.3, 0.4) is 0 Å². The SMILES string of the molecule is COc1cccc(-c2nc3nc[nH]n3c(=O)c2C(C)C)c1. The summed E-state index contributed by atoms with van der Waals surface area (Å²) in [6.07, 6.45) is 1.46. The summed E-state index contributed by atoms with van der Waals surface area (Å²) in [5.74, 6) is 1.14. The number of ether oxygens (including phenoxy) is 1. The molecule has 3 aromatic rings. The maximum Gasteiger partial charge on any atom is 0.278 e. The summed E-state index contributed by atoms with van der Waals surface area (Å²) in [6.45, 7) is 3.95. The molecule has 6 heteroatoms. The molecule has 0 unspecified atom stereocenters. The van der Waals surface area contributed by atoms with Crippen molar-refractivity contribution in [3.05, 3.63) is 46.5 Å². The van der Waals surface area contributed by atoms with Crippen molar-refractivity contribution in [1.82, 2.24) is 19.6 Å². The minimum atomic E-state index is -0.120. The zero-order chi connectivity index (χ0) is 15.0. The van der Waals surface area contributed by atoms with Gasteiger partial charge in [-0.2, -0.15) is 4.52 Å². The van der Waals surface area contributed by atoms with Crippen LogP contribution in [0.4, 0.5) is 0 Å². The predicted octanol–water partition coefficient (Wildman–Crippen LogP) is 2.22. The van der Waals surface area contributed by atoms with Crippen molar-refractivity contribution >= 4 is 5.78 Å². The van der Waals surface area contributed by atoms with E-state index in [9.17, 15) is 4.79 Å². The zero-order valence-electron chi connectivity index (χ0n) is 12.1. The van der Waals surface area contributed by atoms with Crippen molar-refractivity contribution in [2.75, 3.05) is 7.11 Å². The largest absolute Gasteiger partial charge is 0.497 e. The van der Waals surface area contributed by atoms with Gasteiger partial charge in [0, 0.05) is 11.1 Å². The third-order valence-electron chi connectivity index (χ3n) is 3.39. The van der Waals surface area contributed by atoms with E-state index in [0.717, 1.165) is 11.3 Å². The highest BCUT2D eigenvalue weighted by Gasteiger charge is 2.18. The molecule has 6 nitrogen and oxygen atoms in total. The molecule has 1 N–H and O–H groups in total. The number of nitrogens with zero attached hydrogens (tertiary/aromatic N) is 3. The lowest BCUT2D eigenvalue weighted by molar-refractivity contribution is 0.415. The van der Waals surface area contributed by atoms with Crippen LogP contribution < -0.4 is 10.3 Å². The summed E-state index contributed by atoms with van der Waals surface area (Å²) in [5, 5.41) is 2.79. The molecule has 21 heavy (non-hydrogen) atoms. The first-order valence-electron chi connectivity index (χ1n) is 6.72. The van der Waals surface area contributed by atoms with E-state index < -0.39 is 0 Å². The number of nitrogens with one attached hydrogen (secondary N) is 1. The van der Waals surface area contributed by atoms with Crippen LogP contribution in [0, 0.1) is 0 Å². The second-order valence-electron chi connectivity index (χ2n) is 5.09. The monoisotopic (exact) mass is 284 g/mol. The molecule has 0 atom stereocenters. The molecule has 0 aliphatic heterocycles. The highest BCUT2D eigenvalue weighted by atomic mass is 16.5. The van der Waals surface area contributed by atoms with Crippen LogP contribution in [0.15, 0.2) is 35.4 Å². The normalized spacial score (nSPS) is 11.2. The molecule has 0 aliphatic carbocycles. The molecule has 1 aromatic carbocycles. The van der Waals surface area contributed by atoms with Crippen LogP contribution in [0.25, 0.3) is 17.0 Å². The molecule has 0 saturated heterocycles. The summed E-state index contributed by atoms with van der Waals surface area (Å²) in [6, 6.07) is 7.53. The van der Waals surface area contributed by atoms with Crippen LogP contribution >= 0.6 is 0 Å². The van der Waals surface area contributed by atoms with Crippen molar-refractivity contribution in [2.24, 2.45) is 0 Å². The van der Waals surface area contributed by atoms with E-state index in [2.05, 4.69) is 15.1 Å². The highest BCUT2D eigenvalue weighted by Crippen LogP contribution is 2.27. The van der Waals surface area contributed by atoms with E-state index in [0.29, 0.717) is 17.0 Å². The van der Waals surface area contributed by atoms with Crippen LogP contribution in [0.1, 0.15) is 25.3 Å². The molecule has 2 aromatic heterocycles. The second kappa shape index (κ2) is 5.05. The third kappa shape index (κ3) is 2.18. The number of hydrogen-bond acceptors (Lipinski definition) is 4. The first kappa shape index (κ1) is 13.4. The van der Waals surface area contributed by atoms with Gasteiger partial charge in [-0.3, -0.25) is 9.89 Å². The van der Waals surface area contributed by atoms with E-state index in [1.807, 2.05) is 38.1 Å². The smallest absolute Gasteiger partial charge is 0.278 e. The number of hydrogen-bond donors (Lipinski definition) is 1. The third-order valence-corrected chi connectivity index (χ3v) is 3.39. The minimum Gasteiger partial charge on any atom is -0.497 e. The molecule has 0 bridgehead atoms. The van der Waals surface area contributed by atoms with Crippen molar-refractivity contribution in [3.63, 3.8) is 0 Å². The summed E-state index contributed by atoms with van der Waals surface area (Å²) in [7, 11) is 1.61. The highest BCUT2D eigenvalue weighted by molar-refractivity contribution is 5.66. The average molecular weight is 284 g/mol. The topological polar surface area (TPSA) is 72.3 Å². The second-order valence-corrected chi connectivity index (χ2v) is 5.09. The van der Waals surface area contributed by atoms with Gasteiger partial charge in [-0.25, -0.2) is 9.97 Å². The van der Waals surface area contributed by atoms with Gasteiger partial charge in [0.05, 0.1) is 12.8 Å². The quantitative estimate of drug-likeness (QED) is 0.800. The Balaban J connectivity index is 2.34. The fourth-order valence-electron chi connectivity index (χ4n) is 2.38. The van der Waals surface area contributed by atoms with Gasteiger partial charge >= 0.3 is 0 Å². The summed E-state index contributed by atoms with van der Waals surface area (Å²) >= 11 is 0. The van der Waals surface area contributed by atoms with Gasteiger partial charge in [0.15, 0.2) is 0 Å². The van der Waals surface area contributed by atoms with E-state index >= 15 is 0 Å². The molecular weight excluding hydrogens is 268 g/mol. The molecule has 108 valence electrons. The van der Waals surface area contributed by atoms with Crippen molar-refractivity contribution in [1.29, 1.82) is 0 Å². The van der Waals surface area contributed by atoms with Crippen molar-refractivity contribution in [3.8, 4) is 17.0 Å². The Morgan fingerprint density at radius 1 is 1.33 bits per heavy atom. The average Bonchev–Trinajstić information content (AvgIpc) is 2.95. The van der Waals surface area contributed by atoms with Gasteiger partial charge in [0.2, 0.25) is 0 Å². The standard InChI is InChI=1S/C15H16N4O2/c1-9(2)12-13(10-5-4-6-11(7-10)21-3)18-15-16-8-17-19(15)14(12)20/h4-9H,1-3H3,(H,16,17,18). The molecule has 0 amide bonds. The number of aromatic nitrogens is 4. The lowest BCUT2D eigenvalue weighted by Gasteiger charge is -2.12. The van der Waals surface area contributed by atoms with E-state index in [1.54, 1.807) is 7.11 Å². The van der Waals surface area contributed by atoms with E-state index in [-0.39, 0.29) is 11.5 Å². The molecule has 0 radical (unpaired) electrons. The first-order chi connectivity index (χ1) is 10.1. The number of benzene rings is 1. The first-order valence-corrected chi connectivity index (χ1v) is 6.72. The van der Waals surface area contributed by atoms with Gasteiger partial charge in [-0.1, -0.05) is 26.0 Å². The van der Waals surface area contributed by atoms with Crippen LogP contribution in [0.5, 0.6) is 5.75 Å². The number of H-pyrrole nitrogens is 1. The predicted molar refractivity (Wildman–Crippen MR) is 79.7 cm³/mol. The zero-order valence-corrected chi connectivity index (χ0v) is 12.1. The number of methoxy groups -OCH3 is 1. The molecule has 3 rings (SSSR count). The Hall–Kier alpha value is -2.63. The van der Waals surface area contributed by atoms with Crippen molar-refractivity contribution in [2.45, 2.75) is 19.8 Å². The maximum atomic E-state index is 12.6. The summed E-state index contributed by atoms with van der Waals surface area (Å²) < 4.78 is 6.61. The fraction of sp³-hybridized carbons (Fsp3) is 0.267. The van der Waals surface area contributed by atoms with E-state index in [4.69, 9.17) is 4.74 Å². The van der Waals surface area contributed by atoms with Gasteiger partial charge in [-0.15, -0.1) is 0 Å². The van der Waals surface area contributed by atoms with Crippen LogP contribution in [0.2, 0.25) is 0 Å². The Morgan fingerprint density at radius 2 is 2.14 bits per heavy atom. The Labute approximate surface area is 121 Å². The maximum absolute atomic E-state index is 12.6. The fourth-order valence-corrected chi connectivity index (χ4v) is 2.38. The van der Waals surface area contributed by atoms with Crippen molar-refractivity contribution < 1.29 is 4.74 Å². The van der Waals surface area contributed by atoms with E-state index in [1.165, 1.54) is 10.8 Å². The van der Waals surface area contributed by atoms with Gasteiger partial charge in [0.25, 0.3) is 11.3 Å². The molecule has 0 spiro atoms.